The Morgan fingerprint density at radius 1 is 1.06 bits per heavy atom. The quantitative estimate of drug-likeness (QED) is 0.606. The number of nitrogens with one attached hydrogen (secondary N) is 1. The number of aliphatic carboxylic acids is 1. The van der Waals surface area contributed by atoms with Crippen LogP contribution in [-0.4, -0.2) is 66.4 Å². The van der Waals surface area contributed by atoms with E-state index < -0.39 is 36.7 Å². The van der Waals surface area contributed by atoms with Crippen LogP contribution in [0.3, 0.4) is 0 Å². The summed E-state index contributed by atoms with van der Waals surface area (Å²) in [4.78, 5) is 38.4. The van der Waals surface area contributed by atoms with E-state index in [0.29, 0.717) is 0 Å². The fraction of sp³-hybridized carbons (Fsp3) is 0.400. The van der Waals surface area contributed by atoms with Crippen molar-refractivity contribution in [2.45, 2.75) is 43.9 Å². The van der Waals surface area contributed by atoms with Gasteiger partial charge in [-0.3, -0.25) is 9.59 Å². The van der Waals surface area contributed by atoms with Crippen LogP contribution in [0.4, 0.5) is 4.79 Å². The first-order chi connectivity index (χ1) is 15.9. The average Bonchev–Trinajstić information content (AvgIpc) is 3.61. The van der Waals surface area contributed by atoms with E-state index in [1.165, 1.54) is 12.0 Å². The monoisotopic (exact) mass is 452 g/mol. The summed E-state index contributed by atoms with van der Waals surface area (Å²) in [5.41, 5.74) is 4.42. The zero-order chi connectivity index (χ0) is 23.5. The number of nitrogens with zero attached hydrogens (tertiary/aromatic N) is 1. The fourth-order valence-corrected chi connectivity index (χ4v) is 4.38. The molecule has 0 saturated heterocycles. The Kier molecular flexibility index (Phi) is 6.65. The molecule has 0 aliphatic heterocycles. The lowest BCUT2D eigenvalue weighted by Gasteiger charge is -2.29. The van der Waals surface area contributed by atoms with E-state index in [2.05, 4.69) is 17.4 Å². The van der Waals surface area contributed by atoms with Crippen molar-refractivity contribution < 1.29 is 29.0 Å². The summed E-state index contributed by atoms with van der Waals surface area (Å²) in [6.07, 6.45) is 0.0917. The van der Waals surface area contributed by atoms with Gasteiger partial charge in [-0.15, -0.1) is 0 Å². The molecule has 1 saturated carbocycles. The van der Waals surface area contributed by atoms with Crippen molar-refractivity contribution in [3.8, 4) is 11.1 Å². The number of carboxylic acids is 1. The number of methoxy groups -OCH3 is 1. The minimum Gasteiger partial charge on any atom is -0.480 e. The molecule has 2 aliphatic rings. The second-order valence-corrected chi connectivity index (χ2v) is 8.48. The predicted octanol–water partition coefficient (Wildman–Crippen LogP) is 3.00. The van der Waals surface area contributed by atoms with Gasteiger partial charge in [0, 0.05) is 19.1 Å². The molecule has 1 fully saturated rings. The molecule has 8 nitrogen and oxygen atoms in total. The third-order valence-electron chi connectivity index (χ3n) is 6.30. The summed E-state index contributed by atoms with van der Waals surface area (Å²) in [5, 5.41) is 11.8. The molecule has 33 heavy (non-hydrogen) atoms. The number of hydrogen-bond donors (Lipinski definition) is 2. The number of ether oxygens (including phenoxy) is 2. The molecule has 0 heterocycles. The highest BCUT2D eigenvalue weighted by Crippen LogP contribution is 2.44. The van der Waals surface area contributed by atoms with Crippen molar-refractivity contribution in [1.29, 1.82) is 0 Å². The van der Waals surface area contributed by atoms with Crippen molar-refractivity contribution in [2.24, 2.45) is 0 Å². The second kappa shape index (κ2) is 9.62. The lowest BCUT2D eigenvalue weighted by molar-refractivity contribution is -0.147. The number of carbonyl (C=O) groups excluding carboxylic acids is 2. The van der Waals surface area contributed by atoms with E-state index in [0.717, 1.165) is 35.1 Å². The predicted molar refractivity (Wildman–Crippen MR) is 121 cm³/mol. The molecule has 0 bridgehead atoms. The van der Waals surface area contributed by atoms with Gasteiger partial charge in [-0.05, 0) is 42.0 Å². The van der Waals surface area contributed by atoms with E-state index in [1.54, 1.807) is 6.92 Å². The van der Waals surface area contributed by atoms with Gasteiger partial charge < -0.3 is 24.8 Å². The van der Waals surface area contributed by atoms with Crippen molar-refractivity contribution in [1.82, 2.24) is 10.2 Å². The number of carboxylic acid groups (broad SMARTS) is 1. The maximum absolute atomic E-state index is 13.1. The minimum absolute atomic E-state index is 0.105. The number of fused-ring (bicyclic) bond motifs is 3. The molecule has 8 heteroatoms. The molecular formula is C25H28N2O6. The van der Waals surface area contributed by atoms with E-state index >= 15 is 0 Å². The van der Waals surface area contributed by atoms with Crippen molar-refractivity contribution in [2.75, 3.05) is 20.3 Å². The molecule has 2 aliphatic carbocycles. The third kappa shape index (κ3) is 4.85. The van der Waals surface area contributed by atoms with Crippen LogP contribution in [0.5, 0.6) is 0 Å². The number of benzene rings is 2. The van der Waals surface area contributed by atoms with Crippen molar-refractivity contribution in [3.05, 3.63) is 59.7 Å². The fourth-order valence-electron chi connectivity index (χ4n) is 4.38. The summed E-state index contributed by atoms with van der Waals surface area (Å²) >= 11 is 0. The molecular weight excluding hydrogens is 424 g/mol. The van der Waals surface area contributed by atoms with Gasteiger partial charge in [0.05, 0.1) is 6.10 Å². The highest BCUT2D eigenvalue weighted by molar-refractivity contribution is 5.89. The van der Waals surface area contributed by atoms with Crippen LogP contribution in [0.15, 0.2) is 48.5 Å². The smallest absolute Gasteiger partial charge is 0.407 e. The third-order valence-corrected chi connectivity index (χ3v) is 6.30. The van der Waals surface area contributed by atoms with Crippen LogP contribution in [-0.2, 0) is 19.1 Å². The zero-order valence-electron chi connectivity index (χ0n) is 18.7. The van der Waals surface area contributed by atoms with E-state index in [-0.39, 0.29) is 18.6 Å². The Morgan fingerprint density at radius 3 is 2.15 bits per heavy atom. The van der Waals surface area contributed by atoms with E-state index in [1.807, 2.05) is 36.4 Å². The van der Waals surface area contributed by atoms with Gasteiger partial charge in [0.1, 0.15) is 19.2 Å². The summed E-state index contributed by atoms with van der Waals surface area (Å²) in [5.74, 6) is -1.69. The first-order valence-corrected chi connectivity index (χ1v) is 11.1. The Morgan fingerprint density at radius 2 is 1.64 bits per heavy atom. The van der Waals surface area contributed by atoms with Crippen LogP contribution in [0.25, 0.3) is 11.1 Å². The zero-order valence-corrected chi connectivity index (χ0v) is 18.7. The molecule has 0 spiro atoms. The van der Waals surface area contributed by atoms with Gasteiger partial charge in [0.15, 0.2) is 0 Å². The van der Waals surface area contributed by atoms with Gasteiger partial charge in [-0.1, -0.05) is 48.5 Å². The molecule has 4 rings (SSSR count). The van der Waals surface area contributed by atoms with Crippen molar-refractivity contribution >= 4 is 18.0 Å². The normalized spacial score (nSPS) is 16.3. The Labute approximate surface area is 192 Å². The van der Waals surface area contributed by atoms with Gasteiger partial charge >= 0.3 is 12.1 Å². The number of hydrogen-bond acceptors (Lipinski definition) is 5. The number of rotatable bonds is 9. The van der Waals surface area contributed by atoms with E-state index in [9.17, 15) is 19.5 Å². The number of amides is 2. The summed E-state index contributed by atoms with van der Waals surface area (Å²) < 4.78 is 10.9. The first-order valence-electron chi connectivity index (χ1n) is 11.1. The lowest BCUT2D eigenvalue weighted by Crippen LogP contribution is -2.55. The maximum atomic E-state index is 13.1. The van der Waals surface area contributed by atoms with Crippen LogP contribution in [0, 0.1) is 0 Å². The summed E-state index contributed by atoms with van der Waals surface area (Å²) in [7, 11) is 1.43. The molecule has 2 aromatic rings. The Hall–Kier alpha value is -3.39. The topological polar surface area (TPSA) is 105 Å². The van der Waals surface area contributed by atoms with Crippen LogP contribution in [0.1, 0.15) is 36.8 Å². The number of alkyl carbamates (subject to hydrolysis) is 1. The van der Waals surface area contributed by atoms with Crippen molar-refractivity contribution in [3.63, 3.8) is 0 Å². The Balaban J connectivity index is 1.45. The SMILES string of the molecule is CO[C@H](C)[C@H](NC(=O)OCC1c2ccccc2-c2ccccc21)C(=O)N(CC(=O)O)C1CC1. The molecule has 0 unspecified atom stereocenters. The standard InChI is InChI=1S/C25H28N2O6/c1-15(32-2)23(24(30)27(13-22(28)29)16-11-12-16)26-25(31)33-14-21-19-9-5-3-7-17(19)18-8-4-6-10-20(18)21/h3-10,15-16,21,23H,11-14H2,1-2H3,(H,26,31)(H,28,29)/t15-,23+/m1/s1. The average molecular weight is 453 g/mol. The van der Waals surface area contributed by atoms with Gasteiger partial charge in [0.25, 0.3) is 0 Å². The molecule has 2 aromatic carbocycles. The van der Waals surface area contributed by atoms with E-state index in [4.69, 9.17) is 9.47 Å². The Bertz CT molecular complexity index is 1010. The summed E-state index contributed by atoms with van der Waals surface area (Å²) in [6, 6.07) is 14.9. The molecule has 2 atom stereocenters. The largest absolute Gasteiger partial charge is 0.480 e. The van der Waals surface area contributed by atoms with Crippen LogP contribution in [0.2, 0.25) is 0 Å². The van der Waals surface area contributed by atoms with Gasteiger partial charge in [-0.2, -0.15) is 0 Å². The number of carbonyl (C=O) groups is 3. The highest BCUT2D eigenvalue weighted by Gasteiger charge is 2.40. The van der Waals surface area contributed by atoms with Gasteiger partial charge in [-0.25, -0.2) is 4.79 Å². The second-order valence-electron chi connectivity index (χ2n) is 8.48. The molecule has 0 radical (unpaired) electrons. The summed E-state index contributed by atoms with van der Waals surface area (Å²) in [6.45, 7) is 1.35. The minimum atomic E-state index is -1.10. The molecule has 0 aromatic heterocycles. The highest BCUT2D eigenvalue weighted by atomic mass is 16.5. The molecule has 2 N–H and O–H groups in total. The van der Waals surface area contributed by atoms with Gasteiger partial charge in [0.2, 0.25) is 5.91 Å². The molecule has 174 valence electrons. The van der Waals surface area contributed by atoms with Crippen LogP contribution < -0.4 is 5.32 Å². The van der Waals surface area contributed by atoms with Crippen LogP contribution >= 0.6 is 0 Å². The molecule has 2 amide bonds. The maximum Gasteiger partial charge on any atom is 0.407 e. The lowest BCUT2D eigenvalue weighted by atomic mass is 9.98. The first kappa shape index (κ1) is 22.8.